The van der Waals surface area contributed by atoms with Crippen molar-refractivity contribution >= 4 is 43.5 Å². The highest BCUT2D eigenvalue weighted by Crippen LogP contribution is 2.37. The van der Waals surface area contributed by atoms with Gasteiger partial charge in [-0.2, -0.15) is 0 Å². The second kappa shape index (κ2) is 6.62. The molecule has 0 atom stereocenters. The van der Waals surface area contributed by atoms with Crippen LogP contribution in [0.5, 0.6) is 5.75 Å². The number of amides is 1. The average molecular weight is 417 g/mol. The lowest BCUT2D eigenvalue weighted by atomic mass is 10.2. The Hall–Kier alpha value is -1.02. The fourth-order valence-electron chi connectivity index (χ4n) is 1.21. The van der Waals surface area contributed by atoms with Gasteiger partial charge in [-0.25, -0.2) is 0 Å². The highest BCUT2D eigenvalue weighted by atomic mass is 79.9. The molecule has 0 aliphatic carbocycles. The molecule has 0 heterocycles. The zero-order valence-electron chi connectivity index (χ0n) is 10.4. The molecule has 0 saturated carbocycles. The van der Waals surface area contributed by atoms with Crippen molar-refractivity contribution in [1.29, 1.82) is 0 Å². The first-order valence-electron chi connectivity index (χ1n) is 5.33. The topological polar surface area (TPSA) is 38.3 Å². The Morgan fingerprint density at radius 2 is 1.80 bits per heavy atom. The van der Waals surface area contributed by atoms with E-state index in [4.69, 9.17) is 0 Å². The first-order chi connectivity index (χ1) is 9.14. The monoisotopic (exact) mass is 415 g/mol. The van der Waals surface area contributed by atoms with E-state index in [1.54, 1.807) is 19.9 Å². The highest BCUT2D eigenvalue weighted by molar-refractivity contribution is 9.11. The number of allylic oxidation sites excluding steroid dienone is 1. The van der Waals surface area contributed by atoms with Crippen LogP contribution in [0.3, 0.4) is 0 Å². The van der Waals surface area contributed by atoms with Crippen molar-refractivity contribution < 1.29 is 22.7 Å². The first-order valence-corrected chi connectivity index (χ1v) is 6.91. The Morgan fingerprint density at radius 1 is 1.30 bits per heavy atom. The average Bonchev–Trinajstić information content (AvgIpc) is 2.30. The molecule has 1 rings (SSSR count). The fraction of sp³-hybridized carbons (Fsp3) is 0.250. The SMILES string of the molecule is CC=C(C)C(=O)Nc1c(Br)cc(OC(F)(F)F)cc1Br. The Balaban J connectivity index is 3.04. The third-order valence-electron chi connectivity index (χ3n) is 2.28. The molecule has 1 aromatic carbocycles. The van der Waals surface area contributed by atoms with Gasteiger partial charge in [0.15, 0.2) is 0 Å². The summed E-state index contributed by atoms with van der Waals surface area (Å²) in [7, 11) is 0. The van der Waals surface area contributed by atoms with Crippen molar-refractivity contribution in [3.05, 3.63) is 32.7 Å². The molecule has 0 saturated heterocycles. The number of alkyl halides is 3. The number of hydrogen-bond donors (Lipinski definition) is 1. The van der Waals surface area contributed by atoms with Crippen molar-refractivity contribution in [1.82, 2.24) is 0 Å². The van der Waals surface area contributed by atoms with Gasteiger partial charge in [0.1, 0.15) is 5.75 Å². The van der Waals surface area contributed by atoms with E-state index in [0.717, 1.165) is 12.1 Å². The van der Waals surface area contributed by atoms with Crippen LogP contribution >= 0.6 is 31.9 Å². The van der Waals surface area contributed by atoms with Crippen LogP contribution in [0, 0.1) is 0 Å². The molecular weight excluding hydrogens is 407 g/mol. The van der Waals surface area contributed by atoms with Crippen LogP contribution in [0.2, 0.25) is 0 Å². The molecule has 1 aromatic rings. The van der Waals surface area contributed by atoms with E-state index in [2.05, 4.69) is 41.9 Å². The summed E-state index contributed by atoms with van der Waals surface area (Å²) < 4.78 is 40.8. The number of benzene rings is 1. The van der Waals surface area contributed by atoms with E-state index < -0.39 is 12.1 Å². The molecule has 1 amide bonds. The number of carbonyl (C=O) groups excluding carboxylic acids is 1. The van der Waals surface area contributed by atoms with Gasteiger partial charge in [-0.05, 0) is 57.8 Å². The van der Waals surface area contributed by atoms with Crippen LogP contribution in [-0.2, 0) is 4.79 Å². The van der Waals surface area contributed by atoms with Crippen LogP contribution in [0.25, 0.3) is 0 Å². The second-order valence-electron chi connectivity index (χ2n) is 3.74. The van der Waals surface area contributed by atoms with Crippen molar-refractivity contribution in [2.75, 3.05) is 5.32 Å². The van der Waals surface area contributed by atoms with Crippen molar-refractivity contribution in [3.8, 4) is 5.75 Å². The molecule has 0 radical (unpaired) electrons. The van der Waals surface area contributed by atoms with Crippen molar-refractivity contribution in [2.45, 2.75) is 20.2 Å². The Kier molecular flexibility index (Phi) is 5.64. The zero-order valence-corrected chi connectivity index (χ0v) is 13.6. The summed E-state index contributed by atoms with van der Waals surface area (Å²) >= 11 is 6.19. The fourth-order valence-corrected chi connectivity index (χ4v) is 2.55. The summed E-state index contributed by atoms with van der Waals surface area (Å²) in [5, 5.41) is 2.58. The smallest absolute Gasteiger partial charge is 0.406 e. The highest BCUT2D eigenvalue weighted by Gasteiger charge is 2.31. The number of halogens is 5. The largest absolute Gasteiger partial charge is 0.573 e. The molecule has 0 bridgehead atoms. The van der Waals surface area contributed by atoms with Crippen molar-refractivity contribution in [3.63, 3.8) is 0 Å². The minimum absolute atomic E-state index is 0.267. The molecule has 0 aromatic heterocycles. The molecule has 0 aliphatic heterocycles. The molecule has 0 fully saturated rings. The second-order valence-corrected chi connectivity index (χ2v) is 5.44. The van der Waals surface area contributed by atoms with Gasteiger partial charge in [0, 0.05) is 14.5 Å². The molecule has 1 N–H and O–H groups in total. The van der Waals surface area contributed by atoms with E-state index in [0.29, 0.717) is 11.3 Å². The minimum Gasteiger partial charge on any atom is -0.406 e. The van der Waals surface area contributed by atoms with Crippen LogP contribution < -0.4 is 10.1 Å². The van der Waals surface area contributed by atoms with E-state index in [9.17, 15) is 18.0 Å². The predicted octanol–water partition coefficient (Wildman–Crippen LogP) is 5.01. The molecule has 0 spiro atoms. The van der Waals surface area contributed by atoms with Gasteiger partial charge in [0.2, 0.25) is 0 Å². The van der Waals surface area contributed by atoms with Crippen LogP contribution in [0.1, 0.15) is 13.8 Å². The van der Waals surface area contributed by atoms with Gasteiger partial charge in [-0.15, -0.1) is 13.2 Å². The Morgan fingerprint density at radius 3 is 2.20 bits per heavy atom. The zero-order chi connectivity index (χ0) is 15.5. The van der Waals surface area contributed by atoms with Gasteiger partial charge in [0.25, 0.3) is 5.91 Å². The van der Waals surface area contributed by atoms with Crippen LogP contribution in [-0.4, -0.2) is 12.3 Å². The standard InChI is InChI=1S/C12H10Br2F3NO2/c1-3-6(2)11(19)18-10-8(13)4-7(5-9(10)14)20-12(15,16)17/h3-5H,1-2H3,(H,18,19). The molecule has 3 nitrogen and oxygen atoms in total. The van der Waals surface area contributed by atoms with Crippen molar-refractivity contribution in [2.24, 2.45) is 0 Å². The third-order valence-corrected chi connectivity index (χ3v) is 3.53. The summed E-state index contributed by atoms with van der Waals surface area (Å²) in [5.74, 6) is -0.740. The predicted molar refractivity (Wildman–Crippen MR) is 76.6 cm³/mol. The van der Waals surface area contributed by atoms with E-state index >= 15 is 0 Å². The lowest BCUT2D eigenvalue weighted by molar-refractivity contribution is -0.274. The van der Waals surface area contributed by atoms with Gasteiger partial charge >= 0.3 is 6.36 Å². The molecule has 20 heavy (non-hydrogen) atoms. The Labute approximate surface area is 130 Å². The van der Waals surface area contributed by atoms with Gasteiger partial charge in [-0.3, -0.25) is 4.79 Å². The summed E-state index contributed by atoms with van der Waals surface area (Å²) in [5.41, 5.74) is 0.810. The van der Waals surface area contributed by atoms with Crippen LogP contribution in [0.15, 0.2) is 32.7 Å². The van der Waals surface area contributed by atoms with Gasteiger partial charge in [-0.1, -0.05) is 6.08 Å². The summed E-state index contributed by atoms with van der Waals surface area (Å²) in [6.45, 7) is 3.33. The minimum atomic E-state index is -4.77. The summed E-state index contributed by atoms with van der Waals surface area (Å²) in [6.07, 6.45) is -3.15. The van der Waals surface area contributed by atoms with E-state index in [1.165, 1.54) is 0 Å². The van der Waals surface area contributed by atoms with Gasteiger partial charge < -0.3 is 10.1 Å². The number of anilines is 1. The molecule has 0 unspecified atom stereocenters. The first kappa shape index (κ1) is 17.0. The number of rotatable bonds is 3. The maximum Gasteiger partial charge on any atom is 0.573 e. The maximum atomic E-state index is 12.1. The Bertz CT molecular complexity index is 533. The molecule has 110 valence electrons. The maximum absolute atomic E-state index is 12.1. The number of carbonyl (C=O) groups is 1. The quantitative estimate of drug-likeness (QED) is 0.703. The van der Waals surface area contributed by atoms with E-state index in [-0.39, 0.29) is 14.9 Å². The van der Waals surface area contributed by atoms with Gasteiger partial charge in [0.05, 0.1) is 5.69 Å². The lowest BCUT2D eigenvalue weighted by Crippen LogP contribution is -2.17. The number of nitrogens with one attached hydrogen (secondary N) is 1. The normalized spacial score (nSPS) is 12.2. The third kappa shape index (κ3) is 4.82. The van der Waals surface area contributed by atoms with E-state index in [1.807, 2.05) is 0 Å². The summed E-state index contributed by atoms with van der Waals surface area (Å²) in [6, 6.07) is 2.25. The molecule has 0 aliphatic rings. The lowest BCUT2D eigenvalue weighted by Gasteiger charge is -2.14. The summed E-state index contributed by atoms with van der Waals surface area (Å²) in [4.78, 5) is 11.7. The number of ether oxygens (including phenoxy) is 1. The molecular formula is C12H10Br2F3NO2. The number of hydrogen-bond acceptors (Lipinski definition) is 2. The van der Waals surface area contributed by atoms with Crippen LogP contribution in [0.4, 0.5) is 18.9 Å². The molecule has 8 heteroatoms.